The van der Waals surface area contributed by atoms with Gasteiger partial charge in [0.1, 0.15) is 5.69 Å². The molecule has 1 aliphatic heterocycles. The van der Waals surface area contributed by atoms with Crippen molar-refractivity contribution < 1.29 is 4.79 Å². The lowest BCUT2D eigenvalue weighted by molar-refractivity contribution is 0.0985. The first kappa shape index (κ1) is 11.2. The van der Waals surface area contributed by atoms with E-state index in [9.17, 15) is 4.79 Å². The van der Waals surface area contributed by atoms with Crippen molar-refractivity contribution in [3.05, 3.63) is 24.3 Å². The molecule has 0 unspecified atom stereocenters. The van der Waals surface area contributed by atoms with Crippen molar-refractivity contribution in [2.75, 3.05) is 19.6 Å². The van der Waals surface area contributed by atoms with E-state index in [-0.39, 0.29) is 5.78 Å². The highest BCUT2D eigenvalue weighted by atomic mass is 16.1. The van der Waals surface area contributed by atoms with Crippen molar-refractivity contribution in [1.29, 1.82) is 0 Å². The Morgan fingerprint density at radius 1 is 1.56 bits per heavy atom. The van der Waals surface area contributed by atoms with E-state index in [1.807, 2.05) is 0 Å². The summed E-state index contributed by atoms with van der Waals surface area (Å²) in [6, 6.07) is 0.509. The van der Waals surface area contributed by atoms with Crippen LogP contribution in [-0.4, -0.2) is 41.4 Å². The minimum absolute atomic E-state index is 0.00824. The molecule has 1 aromatic heterocycles. The van der Waals surface area contributed by atoms with Crippen molar-refractivity contribution in [3.63, 3.8) is 0 Å². The van der Waals surface area contributed by atoms with Crippen molar-refractivity contribution in [2.45, 2.75) is 18.9 Å². The third-order valence-electron chi connectivity index (χ3n) is 2.69. The zero-order valence-corrected chi connectivity index (χ0v) is 9.15. The second-order valence-corrected chi connectivity index (χ2v) is 3.94. The maximum absolute atomic E-state index is 11.6. The molecule has 0 spiro atoms. The number of rotatable bonds is 5. The van der Waals surface area contributed by atoms with E-state index < -0.39 is 0 Å². The molecule has 16 heavy (non-hydrogen) atoms. The van der Waals surface area contributed by atoms with E-state index in [1.54, 1.807) is 6.20 Å². The molecule has 5 nitrogen and oxygen atoms in total. The van der Waals surface area contributed by atoms with Gasteiger partial charge in [-0.2, -0.15) is 0 Å². The third kappa shape index (κ3) is 3.08. The molecule has 1 aliphatic rings. The van der Waals surface area contributed by atoms with Crippen LogP contribution in [0.1, 0.15) is 23.3 Å². The van der Waals surface area contributed by atoms with Gasteiger partial charge in [0.25, 0.3) is 0 Å². The standard InChI is InChI=1S/C11H16N4O/c16-11(10-7-12-4-5-15-10)8-13-6-9-2-1-3-14-9/h4-5,7,9,13-14H,1-3,6,8H2/t9-/m0/s1. The van der Waals surface area contributed by atoms with Crippen LogP contribution < -0.4 is 10.6 Å². The molecule has 0 bridgehead atoms. The van der Waals surface area contributed by atoms with Gasteiger partial charge in [0.05, 0.1) is 12.7 Å². The van der Waals surface area contributed by atoms with E-state index in [1.165, 1.54) is 25.2 Å². The van der Waals surface area contributed by atoms with Gasteiger partial charge in [-0.3, -0.25) is 9.78 Å². The number of nitrogens with zero attached hydrogens (tertiary/aromatic N) is 2. The molecule has 1 fully saturated rings. The molecule has 0 aromatic carbocycles. The highest BCUT2D eigenvalue weighted by molar-refractivity contribution is 5.95. The molecular formula is C11H16N4O. The van der Waals surface area contributed by atoms with Crippen LogP contribution in [0, 0.1) is 0 Å². The van der Waals surface area contributed by atoms with Gasteiger partial charge in [0, 0.05) is 25.0 Å². The molecule has 5 heteroatoms. The number of carbonyl (C=O) groups excluding carboxylic acids is 1. The monoisotopic (exact) mass is 220 g/mol. The molecule has 0 radical (unpaired) electrons. The Hall–Kier alpha value is -1.33. The predicted octanol–water partition coefficient (Wildman–Crippen LogP) is 0.000900. The Kier molecular flexibility index (Phi) is 3.96. The molecule has 2 N–H and O–H groups in total. The van der Waals surface area contributed by atoms with E-state index in [0.717, 1.165) is 13.1 Å². The van der Waals surface area contributed by atoms with Gasteiger partial charge in [-0.05, 0) is 19.4 Å². The van der Waals surface area contributed by atoms with Gasteiger partial charge in [-0.15, -0.1) is 0 Å². The molecule has 2 heterocycles. The molecule has 86 valence electrons. The fourth-order valence-electron chi connectivity index (χ4n) is 1.82. The number of carbonyl (C=O) groups is 1. The summed E-state index contributed by atoms with van der Waals surface area (Å²) in [5, 5.41) is 6.51. The average molecular weight is 220 g/mol. The number of aromatic nitrogens is 2. The van der Waals surface area contributed by atoms with E-state index >= 15 is 0 Å². The Labute approximate surface area is 94.7 Å². The van der Waals surface area contributed by atoms with Gasteiger partial charge in [0.15, 0.2) is 5.78 Å². The second-order valence-electron chi connectivity index (χ2n) is 3.94. The van der Waals surface area contributed by atoms with Crippen LogP contribution in [0.15, 0.2) is 18.6 Å². The number of hydrogen-bond donors (Lipinski definition) is 2. The van der Waals surface area contributed by atoms with Crippen LogP contribution in [0.4, 0.5) is 0 Å². The number of ketones is 1. The first-order valence-corrected chi connectivity index (χ1v) is 5.59. The van der Waals surface area contributed by atoms with Crippen LogP contribution in [0.2, 0.25) is 0 Å². The molecule has 0 saturated carbocycles. The van der Waals surface area contributed by atoms with Gasteiger partial charge in [-0.1, -0.05) is 0 Å². The smallest absolute Gasteiger partial charge is 0.196 e. The molecule has 0 aliphatic carbocycles. The highest BCUT2D eigenvalue weighted by Gasteiger charge is 2.14. The Morgan fingerprint density at radius 2 is 2.50 bits per heavy atom. The molecular weight excluding hydrogens is 204 g/mol. The second kappa shape index (κ2) is 5.67. The minimum Gasteiger partial charge on any atom is -0.313 e. The Morgan fingerprint density at radius 3 is 3.19 bits per heavy atom. The van der Waals surface area contributed by atoms with Crippen molar-refractivity contribution in [2.24, 2.45) is 0 Å². The van der Waals surface area contributed by atoms with E-state index in [4.69, 9.17) is 0 Å². The van der Waals surface area contributed by atoms with Crippen molar-refractivity contribution >= 4 is 5.78 Å². The predicted molar refractivity (Wildman–Crippen MR) is 60.3 cm³/mol. The summed E-state index contributed by atoms with van der Waals surface area (Å²) in [5.74, 6) is -0.00824. The quantitative estimate of drug-likeness (QED) is 0.684. The van der Waals surface area contributed by atoms with Crippen LogP contribution in [0.25, 0.3) is 0 Å². The fraction of sp³-hybridized carbons (Fsp3) is 0.545. The Bertz CT molecular complexity index is 335. The summed E-state index contributed by atoms with van der Waals surface area (Å²) in [6.07, 6.45) is 7.01. The van der Waals surface area contributed by atoms with E-state index in [2.05, 4.69) is 20.6 Å². The van der Waals surface area contributed by atoms with Gasteiger partial charge < -0.3 is 10.6 Å². The third-order valence-corrected chi connectivity index (χ3v) is 2.69. The first-order valence-electron chi connectivity index (χ1n) is 5.59. The van der Waals surface area contributed by atoms with Crippen molar-refractivity contribution in [3.8, 4) is 0 Å². The summed E-state index contributed by atoms with van der Waals surface area (Å²) < 4.78 is 0. The lowest BCUT2D eigenvalue weighted by atomic mass is 10.2. The average Bonchev–Trinajstić information content (AvgIpc) is 2.83. The summed E-state index contributed by atoms with van der Waals surface area (Å²) in [6.45, 7) is 2.26. The summed E-state index contributed by atoms with van der Waals surface area (Å²) in [5.41, 5.74) is 0.425. The Balaban J connectivity index is 1.71. The molecule has 1 saturated heterocycles. The van der Waals surface area contributed by atoms with Crippen LogP contribution in [0.3, 0.4) is 0 Å². The van der Waals surface area contributed by atoms with Crippen molar-refractivity contribution in [1.82, 2.24) is 20.6 Å². The van der Waals surface area contributed by atoms with E-state index in [0.29, 0.717) is 18.3 Å². The van der Waals surface area contributed by atoms with Gasteiger partial charge in [-0.25, -0.2) is 4.98 Å². The maximum atomic E-state index is 11.6. The molecule has 1 aromatic rings. The minimum atomic E-state index is -0.00824. The van der Waals surface area contributed by atoms with Gasteiger partial charge in [0.2, 0.25) is 0 Å². The first-order chi connectivity index (χ1) is 7.86. The normalized spacial score (nSPS) is 19.9. The molecule has 1 atom stereocenters. The summed E-state index contributed by atoms with van der Waals surface area (Å²) in [4.78, 5) is 19.5. The summed E-state index contributed by atoms with van der Waals surface area (Å²) in [7, 11) is 0. The number of hydrogen-bond acceptors (Lipinski definition) is 5. The zero-order chi connectivity index (χ0) is 11.2. The number of Topliss-reactive ketones (excluding diaryl/α,β-unsaturated/α-hetero) is 1. The highest BCUT2D eigenvalue weighted by Crippen LogP contribution is 2.02. The lowest BCUT2D eigenvalue weighted by Crippen LogP contribution is -2.36. The fourth-order valence-corrected chi connectivity index (χ4v) is 1.82. The maximum Gasteiger partial charge on any atom is 0.196 e. The lowest BCUT2D eigenvalue weighted by Gasteiger charge is -2.10. The van der Waals surface area contributed by atoms with Crippen LogP contribution in [-0.2, 0) is 0 Å². The van der Waals surface area contributed by atoms with Crippen LogP contribution >= 0.6 is 0 Å². The topological polar surface area (TPSA) is 66.9 Å². The van der Waals surface area contributed by atoms with Gasteiger partial charge >= 0.3 is 0 Å². The number of nitrogens with one attached hydrogen (secondary N) is 2. The SMILES string of the molecule is O=C(CNC[C@@H]1CCCN1)c1cnccn1. The summed E-state index contributed by atoms with van der Waals surface area (Å²) >= 11 is 0. The van der Waals surface area contributed by atoms with Crippen LogP contribution in [0.5, 0.6) is 0 Å². The zero-order valence-electron chi connectivity index (χ0n) is 9.15. The molecule has 0 amide bonds. The molecule has 2 rings (SSSR count). The largest absolute Gasteiger partial charge is 0.313 e.